The molecule has 2 aromatic carbocycles. The number of nitrogens with zero attached hydrogens (tertiary/aromatic N) is 1. The second-order valence-electron chi connectivity index (χ2n) is 6.81. The molecule has 0 aliphatic rings. The molecule has 1 aromatic heterocycles. The van der Waals surface area contributed by atoms with Crippen LogP contribution in [0.2, 0.25) is 0 Å². The Hall–Kier alpha value is -3.05. The van der Waals surface area contributed by atoms with Crippen molar-refractivity contribution >= 4 is 5.91 Å². The fourth-order valence-corrected chi connectivity index (χ4v) is 3.17. The minimum Gasteiger partial charge on any atom is -0.497 e. The van der Waals surface area contributed by atoms with Crippen LogP contribution in [0.15, 0.2) is 71.3 Å². The molecule has 1 heterocycles. The summed E-state index contributed by atoms with van der Waals surface area (Å²) >= 11 is 0. The van der Waals surface area contributed by atoms with Crippen LogP contribution in [0.25, 0.3) is 11.1 Å². The molecule has 0 aliphatic heterocycles. The van der Waals surface area contributed by atoms with E-state index in [0.717, 1.165) is 29.1 Å². The summed E-state index contributed by atoms with van der Waals surface area (Å²) in [7, 11) is 1.67. The van der Waals surface area contributed by atoms with Crippen LogP contribution in [0, 0.1) is 0 Å². The number of rotatable bonds is 9. The van der Waals surface area contributed by atoms with Gasteiger partial charge < -0.3 is 14.9 Å². The van der Waals surface area contributed by atoms with Gasteiger partial charge in [0, 0.05) is 6.54 Å². The molecule has 1 amide bonds. The highest BCUT2D eigenvalue weighted by Gasteiger charge is 2.20. The molecule has 1 unspecified atom stereocenters. The van der Waals surface area contributed by atoms with E-state index in [4.69, 9.17) is 14.9 Å². The third kappa shape index (κ3) is 5.02. The van der Waals surface area contributed by atoms with Crippen LogP contribution in [0.3, 0.4) is 0 Å². The lowest BCUT2D eigenvalue weighted by molar-refractivity contribution is -0.122. The maximum Gasteiger partial charge on any atom is 0.234 e. The summed E-state index contributed by atoms with van der Waals surface area (Å²) in [6, 6.07) is 19.8. The monoisotopic (exact) mass is 378 g/mol. The van der Waals surface area contributed by atoms with E-state index in [0.29, 0.717) is 13.1 Å². The molecule has 5 nitrogen and oxygen atoms in total. The highest BCUT2D eigenvalue weighted by atomic mass is 16.5. The maximum atomic E-state index is 11.7. The number of ether oxygens (including phenoxy) is 1. The van der Waals surface area contributed by atoms with Gasteiger partial charge in [-0.2, -0.15) is 0 Å². The Labute approximate surface area is 165 Å². The summed E-state index contributed by atoms with van der Waals surface area (Å²) in [6.45, 7) is 3.08. The van der Waals surface area contributed by atoms with E-state index in [2.05, 4.69) is 30.3 Å². The van der Waals surface area contributed by atoms with Gasteiger partial charge in [-0.1, -0.05) is 36.4 Å². The van der Waals surface area contributed by atoms with Crippen molar-refractivity contribution in [3.63, 3.8) is 0 Å². The fourth-order valence-electron chi connectivity index (χ4n) is 3.17. The van der Waals surface area contributed by atoms with Crippen molar-refractivity contribution in [2.24, 2.45) is 5.73 Å². The third-order valence-electron chi connectivity index (χ3n) is 4.92. The maximum absolute atomic E-state index is 11.7. The quantitative estimate of drug-likeness (QED) is 0.614. The van der Waals surface area contributed by atoms with Crippen molar-refractivity contribution in [1.82, 2.24) is 4.90 Å². The van der Waals surface area contributed by atoms with Crippen LogP contribution >= 0.6 is 0 Å². The largest absolute Gasteiger partial charge is 0.497 e. The molecule has 0 fully saturated rings. The SMILES string of the molecule is COc1cccc(-c2cccc(CCN(Cc3ccco3)C(C)C(N)=O)c2)c1. The molecule has 3 aromatic rings. The minimum absolute atomic E-state index is 0.336. The predicted molar refractivity (Wildman–Crippen MR) is 110 cm³/mol. The first-order valence-electron chi connectivity index (χ1n) is 9.36. The number of nitrogens with two attached hydrogens (primary N) is 1. The van der Waals surface area contributed by atoms with Crippen LogP contribution in [-0.4, -0.2) is 30.5 Å². The van der Waals surface area contributed by atoms with Crippen molar-refractivity contribution in [3.8, 4) is 16.9 Å². The van der Waals surface area contributed by atoms with Crippen molar-refractivity contribution in [3.05, 3.63) is 78.3 Å². The van der Waals surface area contributed by atoms with Crippen LogP contribution in [0.5, 0.6) is 5.75 Å². The molecule has 0 spiro atoms. The van der Waals surface area contributed by atoms with Gasteiger partial charge in [0.15, 0.2) is 0 Å². The molecule has 0 bridgehead atoms. The molecule has 3 rings (SSSR count). The van der Waals surface area contributed by atoms with Gasteiger partial charge in [0.25, 0.3) is 0 Å². The Morgan fingerprint density at radius 2 is 1.86 bits per heavy atom. The number of hydrogen-bond acceptors (Lipinski definition) is 4. The van der Waals surface area contributed by atoms with Gasteiger partial charge in [-0.3, -0.25) is 9.69 Å². The van der Waals surface area contributed by atoms with E-state index in [1.165, 1.54) is 5.56 Å². The van der Waals surface area contributed by atoms with E-state index in [1.54, 1.807) is 13.4 Å². The molecular formula is C23H26N2O3. The first-order chi connectivity index (χ1) is 13.6. The molecule has 5 heteroatoms. The standard InChI is InChI=1S/C23H26N2O3/c1-17(23(24)26)25(16-22-10-5-13-28-22)12-11-18-6-3-7-19(14-18)20-8-4-9-21(15-20)27-2/h3-10,13-15,17H,11-12,16H2,1-2H3,(H2,24,26). The van der Waals surface area contributed by atoms with Gasteiger partial charge in [-0.25, -0.2) is 0 Å². The molecule has 0 aliphatic carbocycles. The van der Waals surface area contributed by atoms with E-state index < -0.39 is 0 Å². The Bertz CT molecular complexity index is 906. The van der Waals surface area contributed by atoms with Crippen LogP contribution < -0.4 is 10.5 Å². The van der Waals surface area contributed by atoms with E-state index >= 15 is 0 Å². The summed E-state index contributed by atoms with van der Waals surface area (Å²) in [5.74, 6) is 1.32. The number of methoxy groups -OCH3 is 1. The molecule has 2 N–H and O–H groups in total. The van der Waals surface area contributed by atoms with E-state index in [9.17, 15) is 4.79 Å². The van der Waals surface area contributed by atoms with Crippen LogP contribution in [-0.2, 0) is 17.8 Å². The van der Waals surface area contributed by atoms with Gasteiger partial charge in [-0.05, 0) is 54.3 Å². The molecule has 1 atom stereocenters. The van der Waals surface area contributed by atoms with Crippen LogP contribution in [0.1, 0.15) is 18.2 Å². The molecular weight excluding hydrogens is 352 g/mol. The normalized spacial score (nSPS) is 12.1. The van der Waals surface area contributed by atoms with Crippen LogP contribution in [0.4, 0.5) is 0 Å². The highest BCUT2D eigenvalue weighted by molar-refractivity contribution is 5.79. The smallest absolute Gasteiger partial charge is 0.234 e. The summed E-state index contributed by atoms with van der Waals surface area (Å²) < 4.78 is 10.8. The van der Waals surface area contributed by atoms with E-state index in [1.807, 2.05) is 42.2 Å². The lowest BCUT2D eigenvalue weighted by atomic mass is 10.0. The zero-order chi connectivity index (χ0) is 19.9. The number of hydrogen-bond donors (Lipinski definition) is 1. The Kier molecular flexibility index (Phi) is 6.50. The number of furan rings is 1. The summed E-state index contributed by atoms with van der Waals surface area (Å²) in [5, 5.41) is 0. The molecule has 0 saturated heterocycles. The van der Waals surface area contributed by atoms with Crippen molar-refractivity contribution < 1.29 is 13.9 Å². The first-order valence-corrected chi connectivity index (χ1v) is 9.36. The molecule has 146 valence electrons. The van der Waals surface area contributed by atoms with Gasteiger partial charge in [-0.15, -0.1) is 0 Å². The topological polar surface area (TPSA) is 68.7 Å². The summed E-state index contributed by atoms with van der Waals surface area (Å²) in [5.41, 5.74) is 8.98. The number of carbonyl (C=O) groups is 1. The van der Waals surface area contributed by atoms with Gasteiger partial charge in [0.1, 0.15) is 11.5 Å². The predicted octanol–water partition coefficient (Wildman–Crippen LogP) is 3.87. The third-order valence-corrected chi connectivity index (χ3v) is 4.92. The zero-order valence-corrected chi connectivity index (χ0v) is 16.3. The summed E-state index contributed by atoms with van der Waals surface area (Å²) in [4.78, 5) is 13.8. The molecule has 28 heavy (non-hydrogen) atoms. The number of amides is 1. The first kappa shape index (κ1) is 19.7. The number of benzene rings is 2. The molecule has 0 radical (unpaired) electrons. The highest BCUT2D eigenvalue weighted by Crippen LogP contribution is 2.25. The van der Waals surface area contributed by atoms with Gasteiger partial charge >= 0.3 is 0 Å². The van der Waals surface area contributed by atoms with Gasteiger partial charge in [0.2, 0.25) is 5.91 Å². The van der Waals surface area contributed by atoms with Crippen molar-refractivity contribution in [2.45, 2.75) is 25.9 Å². The second kappa shape index (κ2) is 9.24. The average Bonchev–Trinajstić information content (AvgIpc) is 3.24. The minimum atomic E-state index is -0.369. The Balaban J connectivity index is 1.73. The van der Waals surface area contributed by atoms with Crippen molar-refractivity contribution in [2.75, 3.05) is 13.7 Å². The lowest BCUT2D eigenvalue weighted by Crippen LogP contribution is -2.43. The number of primary amides is 1. The van der Waals surface area contributed by atoms with E-state index in [-0.39, 0.29) is 11.9 Å². The lowest BCUT2D eigenvalue weighted by Gasteiger charge is -2.26. The average molecular weight is 378 g/mol. The number of carbonyl (C=O) groups excluding carboxylic acids is 1. The molecule has 0 saturated carbocycles. The van der Waals surface area contributed by atoms with Crippen molar-refractivity contribution in [1.29, 1.82) is 0 Å². The summed E-state index contributed by atoms with van der Waals surface area (Å²) in [6.07, 6.45) is 2.44. The zero-order valence-electron chi connectivity index (χ0n) is 16.3. The Morgan fingerprint density at radius 3 is 2.54 bits per heavy atom. The fraction of sp³-hybridized carbons (Fsp3) is 0.261. The second-order valence-corrected chi connectivity index (χ2v) is 6.81. The van der Waals surface area contributed by atoms with Gasteiger partial charge in [0.05, 0.1) is 26.0 Å². The Morgan fingerprint density at radius 1 is 1.11 bits per heavy atom.